The van der Waals surface area contributed by atoms with Gasteiger partial charge in [0.2, 0.25) is 0 Å². The van der Waals surface area contributed by atoms with Crippen molar-refractivity contribution in [3.05, 3.63) is 0 Å². The van der Waals surface area contributed by atoms with Gasteiger partial charge in [-0.2, -0.15) is 0 Å². The van der Waals surface area contributed by atoms with E-state index in [0.29, 0.717) is 26.2 Å². The molecule has 136 valence electrons. The number of nitrogens with zero attached hydrogens (tertiary/aromatic N) is 4. The Morgan fingerprint density at radius 3 is 1.26 bits per heavy atom. The van der Waals surface area contributed by atoms with E-state index in [1.807, 2.05) is 47.8 Å². The molecule has 0 saturated heterocycles. The third-order valence-corrected chi connectivity index (χ3v) is 3.39. The lowest BCUT2D eigenvalue weighted by atomic mass is 10.3. The van der Waals surface area contributed by atoms with Gasteiger partial charge in [0.25, 0.3) is 0 Å². The Bertz CT molecular complexity index is 318. The zero-order valence-electron chi connectivity index (χ0n) is 14.9. The molecular weight excluding hydrogens is 300 g/mol. The van der Waals surface area contributed by atoms with E-state index in [1.54, 1.807) is 0 Å². The van der Waals surface area contributed by atoms with Crippen LogP contribution in [0.3, 0.4) is 0 Å². The van der Waals surface area contributed by atoms with E-state index in [4.69, 9.17) is 10.2 Å². The van der Waals surface area contributed by atoms with Crippen LogP contribution in [0.5, 0.6) is 0 Å². The summed E-state index contributed by atoms with van der Waals surface area (Å²) in [6.45, 7) is 4.32. The van der Waals surface area contributed by atoms with Crippen molar-refractivity contribution in [2.45, 2.75) is 6.42 Å². The van der Waals surface area contributed by atoms with Crippen molar-refractivity contribution in [1.29, 1.82) is 0 Å². The number of aliphatic carboxylic acids is 2. The molecule has 8 nitrogen and oxygen atoms in total. The Balaban J connectivity index is 4.30. The molecule has 0 spiro atoms. The number of carboxylic acid groups (broad SMARTS) is 2. The molecule has 0 amide bonds. The number of carbonyl (C=O) groups is 2. The fourth-order valence-corrected chi connectivity index (χ4v) is 2.12. The molecule has 0 heterocycles. The van der Waals surface area contributed by atoms with Crippen molar-refractivity contribution in [2.75, 3.05) is 80.5 Å². The summed E-state index contributed by atoms with van der Waals surface area (Å²) in [6, 6.07) is 0. The van der Waals surface area contributed by atoms with Crippen LogP contribution >= 0.6 is 0 Å². The molecule has 2 N–H and O–H groups in total. The lowest BCUT2D eigenvalue weighted by Crippen LogP contribution is -2.39. The summed E-state index contributed by atoms with van der Waals surface area (Å²) in [5.41, 5.74) is 0. The van der Waals surface area contributed by atoms with E-state index in [2.05, 4.69) is 0 Å². The molecule has 0 saturated carbocycles. The quantitative estimate of drug-likeness (QED) is 0.431. The van der Waals surface area contributed by atoms with Gasteiger partial charge < -0.3 is 20.0 Å². The van der Waals surface area contributed by atoms with Gasteiger partial charge in [0, 0.05) is 39.3 Å². The molecule has 0 aromatic rings. The highest BCUT2D eigenvalue weighted by molar-refractivity contribution is 5.69. The lowest BCUT2D eigenvalue weighted by molar-refractivity contribution is -0.139. The van der Waals surface area contributed by atoms with Gasteiger partial charge in [0.15, 0.2) is 0 Å². The molecule has 0 aromatic carbocycles. The van der Waals surface area contributed by atoms with E-state index in [0.717, 1.165) is 19.5 Å². The Morgan fingerprint density at radius 1 is 0.652 bits per heavy atom. The van der Waals surface area contributed by atoms with E-state index in [9.17, 15) is 9.59 Å². The van der Waals surface area contributed by atoms with Gasteiger partial charge in [-0.15, -0.1) is 0 Å². The first kappa shape index (κ1) is 21.8. The number of hydrogen-bond donors (Lipinski definition) is 2. The van der Waals surface area contributed by atoms with Gasteiger partial charge in [0.05, 0.1) is 13.1 Å². The predicted octanol–water partition coefficient (Wildman–Crippen LogP) is -0.727. The van der Waals surface area contributed by atoms with Crippen LogP contribution in [0.25, 0.3) is 0 Å². The van der Waals surface area contributed by atoms with Gasteiger partial charge in [-0.1, -0.05) is 0 Å². The average molecular weight is 332 g/mol. The van der Waals surface area contributed by atoms with Crippen LogP contribution in [-0.2, 0) is 9.59 Å². The minimum absolute atomic E-state index is 0.0183. The van der Waals surface area contributed by atoms with Crippen LogP contribution in [0.15, 0.2) is 0 Å². The molecular formula is C15H32N4O4. The predicted molar refractivity (Wildman–Crippen MR) is 89.9 cm³/mol. The second-order valence-corrected chi connectivity index (χ2v) is 6.30. The molecule has 0 atom stereocenters. The maximum atomic E-state index is 10.9. The van der Waals surface area contributed by atoms with Crippen molar-refractivity contribution in [3.8, 4) is 0 Å². The minimum Gasteiger partial charge on any atom is -0.480 e. The molecule has 0 rings (SSSR count). The van der Waals surface area contributed by atoms with Gasteiger partial charge in [0.1, 0.15) is 0 Å². The van der Waals surface area contributed by atoms with Crippen molar-refractivity contribution in [2.24, 2.45) is 0 Å². The average Bonchev–Trinajstić information content (AvgIpc) is 2.40. The molecule has 23 heavy (non-hydrogen) atoms. The van der Waals surface area contributed by atoms with Crippen LogP contribution in [0.1, 0.15) is 6.42 Å². The largest absolute Gasteiger partial charge is 0.480 e. The van der Waals surface area contributed by atoms with Crippen molar-refractivity contribution >= 4 is 11.9 Å². The molecule has 0 unspecified atom stereocenters. The number of carboxylic acids is 2. The molecule has 0 aliphatic rings. The SMILES string of the molecule is CN(C)CCN(CCCN(CCN(C)C)CC(=O)O)CC(=O)O. The second-order valence-electron chi connectivity index (χ2n) is 6.30. The van der Waals surface area contributed by atoms with Crippen LogP contribution < -0.4 is 0 Å². The number of rotatable bonds is 14. The highest BCUT2D eigenvalue weighted by Gasteiger charge is 2.13. The Morgan fingerprint density at radius 2 is 1.00 bits per heavy atom. The zero-order chi connectivity index (χ0) is 17.8. The minimum atomic E-state index is -0.834. The number of likely N-dealkylation sites (N-methyl/N-ethyl adjacent to an activating group) is 2. The van der Waals surface area contributed by atoms with Gasteiger partial charge in [-0.3, -0.25) is 19.4 Å². The van der Waals surface area contributed by atoms with Crippen molar-refractivity contribution in [3.63, 3.8) is 0 Å². The molecule has 0 aromatic heterocycles. The van der Waals surface area contributed by atoms with Crippen LogP contribution in [0, 0.1) is 0 Å². The zero-order valence-corrected chi connectivity index (χ0v) is 14.9. The van der Waals surface area contributed by atoms with E-state index in [-0.39, 0.29) is 13.1 Å². The highest BCUT2D eigenvalue weighted by Crippen LogP contribution is 1.97. The molecule has 0 fully saturated rings. The summed E-state index contributed by atoms with van der Waals surface area (Å²) < 4.78 is 0. The van der Waals surface area contributed by atoms with Crippen molar-refractivity contribution in [1.82, 2.24) is 19.6 Å². The normalized spacial score (nSPS) is 11.8. The third-order valence-electron chi connectivity index (χ3n) is 3.39. The first-order valence-electron chi connectivity index (χ1n) is 7.88. The van der Waals surface area contributed by atoms with Crippen LogP contribution in [0.2, 0.25) is 0 Å². The highest BCUT2D eigenvalue weighted by atomic mass is 16.4. The summed E-state index contributed by atoms with van der Waals surface area (Å²) in [4.78, 5) is 29.7. The fourth-order valence-electron chi connectivity index (χ4n) is 2.12. The summed E-state index contributed by atoms with van der Waals surface area (Å²) >= 11 is 0. The maximum Gasteiger partial charge on any atom is 0.317 e. The molecule has 0 aliphatic carbocycles. The maximum absolute atomic E-state index is 10.9. The third kappa shape index (κ3) is 14.1. The Kier molecular flexibility index (Phi) is 11.6. The molecule has 8 heteroatoms. The van der Waals surface area contributed by atoms with E-state index in [1.165, 1.54) is 0 Å². The first-order valence-corrected chi connectivity index (χ1v) is 7.88. The summed E-state index contributed by atoms with van der Waals surface area (Å²) in [7, 11) is 7.81. The number of hydrogen-bond acceptors (Lipinski definition) is 6. The van der Waals surface area contributed by atoms with Gasteiger partial charge >= 0.3 is 11.9 Å². The fraction of sp³-hybridized carbons (Fsp3) is 0.867. The van der Waals surface area contributed by atoms with Crippen LogP contribution in [0.4, 0.5) is 0 Å². The van der Waals surface area contributed by atoms with E-state index >= 15 is 0 Å². The van der Waals surface area contributed by atoms with Gasteiger partial charge in [-0.25, -0.2) is 0 Å². The lowest BCUT2D eigenvalue weighted by Gasteiger charge is -2.25. The topological polar surface area (TPSA) is 87.6 Å². The van der Waals surface area contributed by atoms with Crippen LogP contribution in [-0.4, -0.2) is 122 Å². The molecule has 0 radical (unpaired) electrons. The molecule has 0 aliphatic heterocycles. The standard InChI is InChI=1S/C15H32N4O4/c1-16(2)8-10-18(12-14(20)21)6-5-7-19(13-15(22)23)11-9-17(3)4/h5-13H2,1-4H3,(H,20,21)(H,22,23). The van der Waals surface area contributed by atoms with Crippen molar-refractivity contribution < 1.29 is 19.8 Å². The summed E-state index contributed by atoms with van der Waals surface area (Å²) in [5, 5.41) is 17.9. The molecule has 0 bridgehead atoms. The first-order chi connectivity index (χ1) is 10.7. The van der Waals surface area contributed by atoms with E-state index < -0.39 is 11.9 Å². The Labute approximate surface area is 139 Å². The van der Waals surface area contributed by atoms with Gasteiger partial charge in [-0.05, 0) is 34.6 Å². The monoisotopic (exact) mass is 332 g/mol. The smallest absolute Gasteiger partial charge is 0.317 e. The summed E-state index contributed by atoms with van der Waals surface area (Å²) in [6.07, 6.45) is 0.751. The summed E-state index contributed by atoms with van der Waals surface area (Å²) in [5.74, 6) is -1.67. The Hall–Kier alpha value is -1.22. The second kappa shape index (κ2) is 12.2.